The van der Waals surface area contributed by atoms with Crippen molar-refractivity contribution in [2.24, 2.45) is 0 Å². The van der Waals surface area contributed by atoms with E-state index in [0.29, 0.717) is 38.5 Å². The molecule has 3 aromatic carbocycles. The lowest BCUT2D eigenvalue weighted by atomic mass is 10.0. The Hall–Kier alpha value is -3.86. The number of esters is 1. The molecule has 0 saturated carbocycles. The van der Waals surface area contributed by atoms with E-state index in [1.165, 1.54) is 12.1 Å². The normalized spacial score (nSPS) is 11.8. The summed E-state index contributed by atoms with van der Waals surface area (Å²) in [5.41, 5.74) is 2.63. The molecular weight excluding hydrogens is 522 g/mol. The first-order valence-corrected chi connectivity index (χ1v) is 14.0. The molecule has 0 bridgehead atoms. The highest BCUT2D eigenvalue weighted by Crippen LogP contribution is 2.31. The highest BCUT2D eigenvalue weighted by Gasteiger charge is 2.26. The Labute approximate surface area is 226 Å². The molecule has 1 aromatic heterocycles. The molecule has 4 rings (SSSR count). The molecule has 0 saturated heterocycles. The van der Waals surface area contributed by atoms with Gasteiger partial charge in [-0.1, -0.05) is 24.3 Å². The van der Waals surface area contributed by atoms with E-state index in [4.69, 9.17) is 9.47 Å². The number of carboxylic acid groups (broad SMARTS) is 1. The minimum absolute atomic E-state index is 0.0567. The van der Waals surface area contributed by atoms with E-state index >= 15 is 0 Å². The lowest BCUT2D eigenvalue weighted by Gasteiger charge is -2.17. The minimum Gasteiger partial charge on any atom is -0.748 e. The van der Waals surface area contributed by atoms with Gasteiger partial charge in [-0.2, -0.15) is 4.57 Å². The summed E-state index contributed by atoms with van der Waals surface area (Å²) in [6.07, 6.45) is -0.0146. The second-order valence-corrected chi connectivity index (χ2v) is 11.0. The number of ether oxygens (including phenoxy) is 2. The quantitative estimate of drug-likeness (QED) is 0.101. The van der Waals surface area contributed by atoms with Crippen molar-refractivity contribution in [2.45, 2.75) is 46.4 Å². The highest BCUT2D eigenvalue weighted by molar-refractivity contribution is 7.85. The molecular formula is C29H29NO8S. The number of rotatable bonds is 10. The van der Waals surface area contributed by atoms with Gasteiger partial charge in [-0.15, -0.1) is 0 Å². The van der Waals surface area contributed by atoms with Gasteiger partial charge < -0.3 is 19.1 Å². The Morgan fingerprint density at radius 2 is 1.59 bits per heavy atom. The number of hydrogen-bond donors (Lipinski definition) is 1. The summed E-state index contributed by atoms with van der Waals surface area (Å²) in [4.78, 5) is 25.5. The Morgan fingerprint density at radius 1 is 1.00 bits per heavy atom. The van der Waals surface area contributed by atoms with Crippen LogP contribution in [0.15, 0.2) is 60.7 Å². The third kappa shape index (κ3) is 6.42. The van der Waals surface area contributed by atoms with Crippen LogP contribution in [0.5, 0.6) is 5.75 Å². The van der Waals surface area contributed by atoms with E-state index in [-0.39, 0.29) is 37.0 Å². The van der Waals surface area contributed by atoms with Gasteiger partial charge in [-0.3, -0.25) is 0 Å². The summed E-state index contributed by atoms with van der Waals surface area (Å²) in [5.74, 6) is -2.00. The number of carboxylic acids is 1. The summed E-state index contributed by atoms with van der Waals surface area (Å²) in [7, 11) is -4.37. The summed E-state index contributed by atoms with van der Waals surface area (Å²) in [6.45, 7) is 5.69. The Bertz CT molecular complexity index is 1620. The van der Waals surface area contributed by atoms with Gasteiger partial charge in [0.2, 0.25) is 11.0 Å². The van der Waals surface area contributed by atoms with Crippen molar-refractivity contribution in [2.75, 3.05) is 5.75 Å². The molecule has 0 fully saturated rings. The minimum atomic E-state index is -4.37. The van der Waals surface area contributed by atoms with Gasteiger partial charge in [0, 0.05) is 29.9 Å². The Kier molecular flexibility index (Phi) is 8.29. The third-order valence-electron chi connectivity index (χ3n) is 6.27. The number of benzene rings is 3. The smallest absolute Gasteiger partial charge is 0.345 e. The van der Waals surface area contributed by atoms with Gasteiger partial charge in [-0.25, -0.2) is 18.0 Å². The van der Waals surface area contributed by atoms with Crippen molar-refractivity contribution in [3.05, 3.63) is 82.9 Å². The van der Waals surface area contributed by atoms with Crippen LogP contribution in [0.1, 0.15) is 52.1 Å². The average Bonchev–Trinajstić information content (AvgIpc) is 2.87. The molecule has 204 valence electrons. The van der Waals surface area contributed by atoms with Crippen LogP contribution in [-0.4, -0.2) is 41.9 Å². The SMILES string of the molecule is Cc1cc(C(=O)O)cc(COC(C)C)c1OC(=O)c1c2ccccc2[n+](CCCS(=O)(=O)[O-])c2ccccc12. The molecule has 39 heavy (non-hydrogen) atoms. The average molecular weight is 552 g/mol. The van der Waals surface area contributed by atoms with Crippen LogP contribution in [0.4, 0.5) is 0 Å². The van der Waals surface area contributed by atoms with Crippen LogP contribution in [0.2, 0.25) is 0 Å². The van der Waals surface area contributed by atoms with E-state index in [1.807, 2.05) is 42.7 Å². The maximum absolute atomic E-state index is 13.9. The number of carbonyl (C=O) groups is 2. The number of hydrogen-bond acceptors (Lipinski definition) is 7. The van der Waals surface area contributed by atoms with Gasteiger partial charge in [-0.05, 0) is 50.6 Å². The molecule has 4 aromatic rings. The van der Waals surface area contributed by atoms with Crippen LogP contribution in [0, 0.1) is 6.92 Å². The van der Waals surface area contributed by atoms with Crippen molar-refractivity contribution in [1.82, 2.24) is 0 Å². The van der Waals surface area contributed by atoms with Gasteiger partial charge in [0.15, 0.2) is 6.54 Å². The van der Waals surface area contributed by atoms with Crippen molar-refractivity contribution in [3.8, 4) is 5.75 Å². The fourth-order valence-electron chi connectivity index (χ4n) is 4.60. The van der Waals surface area contributed by atoms with Crippen molar-refractivity contribution in [1.29, 1.82) is 0 Å². The molecule has 0 radical (unpaired) electrons. The molecule has 0 aliphatic heterocycles. The Morgan fingerprint density at radius 3 is 2.13 bits per heavy atom. The molecule has 0 aliphatic rings. The largest absolute Gasteiger partial charge is 0.748 e. The van der Waals surface area contributed by atoms with Crippen molar-refractivity contribution in [3.63, 3.8) is 0 Å². The maximum Gasteiger partial charge on any atom is 0.345 e. The standard InChI is InChI=1S/C29H29NO8S/c1-18(2)37-17-21-16-20(28(31)32)15-19(3)27(21)38-29(33)26-22-9-4-6-11-24(22)30(13-8-14-39(34,35)36)25-12-7-5-10-23(25)26/h4-7,9-12,15-16,18H,8,13-14,17H2,1-3H3,(H-,31,32,34,35,36). The van der Waals surface area contributed by atoms with Crippen molar-refractivity contribution >= 4 is 43.9 Å². The van der Waals surface area contributed by atoms with Gasteiger partial charge in [0.25, 0.3) is 0 Å². The molecule has 9 nitrogen and oxygen atoms in total. The molecule has 0 aliphatic carbocycles. The van der Waals surface area contributed by atoms with E-state index in [2.05, 4.69) is 0 Å². The number of carbonyl (C=O) groups excluding carboxylic acids is 1. The predicted octanol–water partition coefficient (Wildman–Crippen LogP) is 4.37. The van der Waals surface area contributed by atoms with Crippen LogP contribution in [0.3, 0.4) is 0 Å². The maximum atomic E-state index is 13.9. The van der Waals surface area contributed by atoms with Crippen LogP contribution < -0.4 is 9.30 Å². The molecule has 0 spiro atoms. The molecule has 0 unspecified atom stereocenters. The summed E-state index contributed by atoms with van der Waals surface area (Å²) >= 11 is 0. The topological polar surface area (TPSA) is 134 Å². The lowest BCUT2D eigenvalue weighted by Crippen LogP contribution is -2.37. The second kappa shape index (κ2) is 11.5. The first kappa shape index (κ1) is 28.2. The summed E-state index contributed by atoms with van der Waals surface area (Å²) < 4.78 is 47.2. The Balaban J connectivity index is 1.84. The van der Waals surface area contributed by atoms with Gasteiger partial charge in [0.05, 0.1) is 44.7 Å². The van der Waals surface area contributed by atoms with Crippen LogP contribution in [0.25, 0.3) is 21.8 Å². The van der Waals surface area contributed by atoms with E-state index in [0.717, 1.165) is 0 Å². The second-order valence-electron chi connectivity index (χ2n) is 9.51. The predicted molar refractivity (Wildman–Crippen MR) is 144 cm³/mol. The fraction of sp³-hybridized carbons (Fsp3) is 0.276. The van der Waals surface area contributed by atoms with Gasteiger partial charge in [0.1, 0.15) is 5.75 Å². The zero-order chi connectivity index (χ0) is 28.3. The van der Waals surface area contributed by atoms with E-state index < -0.39 is 27.8 Å². The monoisotopic (exact) mass is 551 g/mol. The highest BCUT2D eigenvalue weighted by atomic mass is 32.2. The van der Waals surface area contributed by atoms with Crippen LogP contribution in [-0.2, 0) is 28.0 Å². The first-order valence-electron chi connectivity index (χ1n) is 12.4. The lowest BCUT2D eigenvalue weighted by molar-refractivity contribution is -0.645. The number of aromatic carboxylic acids is 1. The third-order valence-corrected chi connectivity index (χ3v) is 7.06. The van der Waals surface area contributed by atoms with Gasteiger partial charge >= 0.3 is 11.9 Å². The number of fused-ring (bicyclic) bond motifs is 2. The molecule has 0 atom stereocenters. The number of nitrogens with zero attached hydrogens (tertiary/aromatic N) is 1. The zero-order valence-electron chi connectivity index (χ0n) is 21.8. The number of pyridine rings is 1. The van der Waals surface area contributed by atoms with Crippen LogP contribution >= 0.6 is 0 Å². The van der Waals surface area contributed by atoms with E-state index in [9.17, 15) is 27.7 Å². The fourth-order valence-corrected chi connectivity index (χ4v) is 5.08. The molecule has 1 heterocycles. The van der Waals surface area contributed by atoms with E-state index in [1.54, 1.807) is 31.2 Å². The summed E-state index contributed by atoms with van der Waals surface area (Å²) in [5, 5.41) is 10.7. The van der Waals surface area contributed by atoms with Crippen molar-refractivity contribution < 1.29 is 41.7 Å². The molecule has 10 heteroatoms. The number of aromatic nitrogens is 1. The molecule has 0 amide bonds. The zero-order valence-corrected chi connectivity index (χ0v) is 22.7. The number of para-hydroxylation sites is 2. The number of aryl methyl sites for hydroxylation is 2. The molecule has 1 N–H and O–H groups in total. The summed E-state index contributed by atoms with van der Waals surface area (Å²) in [6, 6.07) is 17.3. The first-order chi connectivity index (χ1) is 18.5.